The fourth-order valence-corrected chi connectivity index (χ4v) is 3.81. The first kappa shape index (κ1) is 22.2. The SMILES string of the molecule is CCc1ccc(CN(C(=O)c2ccc3nc(N)c(C)cc3c2)C(C)c2cc[nH]c(=O)c2)nc1. The molecule has 7 nitrogen and oxygen atoms in total. The van der Waals surface area contributed by atoms with Gasteiger partial charge in [0.2, 0.25) is 5.56 Å². The number of aryl methyl sites for hydroxylation is 2. The first-order valence-electron chi connectivity index (χ1n) is 11.0. The van der Waals surface area contributed by atoms with Gasteiger partial charge in [-0.05, 0) is 73.4 Å². The zero-order valence-corrected chi connectivity index (χ0v) is 19.0. The number of fused-ring (bicyclic) bond motifs is 1. The number of carbonyl (C=O) groups excluding carboxylic acids is 1. The Balaban J connectivity index is 1.73. The minimum Gasteiger partial charge on any atom is -0.383 e. The van der Waals surface area contributed by atoms with E-state index in [0.717, 1.165) is 39.7 Å². The summed E-state index contributed by atoms with van der Waals surface area (Å²) in [4.78, 5) is 39.0. The number of nitrogens with zero attached hydrogens (tertiary/aromatic N) is 3. The number of pyridine rings is 3. The molecule has 0 radical (unpaired) electrons. The van der Waals surface area contributed by atoms with Crippen molar-refractivity contribution < 1.29 is 4.79 Å². The second-order valence-electron chi connectivity index (χ2n) is 8.20. The molecule has 0 saturated carbocycles. The highest BCUT2D eigenvalue weighted by atomic mass is 16.2. The number of rotatable bonds is 6. The molecule has 0 saturated heterocycles. The molecule has 3 N–H and O–H groups in total. The fraction of sp³-hybridized carbons (Fsp3) is 0.231. The number of anilines is 1. The summed E-state index contributed by atoms with van der Waals surface area (Å²) >= 11 is 0. The molecular weight excluding hydrogens is 414 g/mol. The van der Waals surface area contributed by atoms with Gasteiger partial charge in [-0.3, -0.25) is 14.6 Å². The number of hydrogen-bond acceptors (Lipinski definition) is 5. The first-order valence-corrected chi connectivity index (χ1v) is 11.0. The molecule has 1 amide bonds. The van der Waals surface area contributed by atoms with Crippen LogP contribution >= 0.6 is 0 Å². The van der Waals surface area contributed by atoms with E-state index in [9.17, 15) is 9.59 Å². The minimum absolute atomic E-state index is 0.152. The molecule has 4 rings (SSSR count). The zero-order valence-electron chi connectivity index (χ0n) is 19.0. The van der Waals surface area contributed by atoms with E-state index >= 15 is 0 Å². The van der Waals surface area contributed by atoms with Crippen molar-refractivity contribution in [2.75, 3.05) is 5.73 Å². The van der Waals surface area contributed by atoms with Gasteiger partial charge in [0.05, 0.1) is 23.8 Å². The number of benzene rings is 1. The second kappa shape index (κ2) is 9.24. The molecule has 4 aromatic rings. The van der Waals surface area contributed by atoms with Crippen LogP contribution in [0.15, 0.2) is 65.7 Å². The Bertz CT molecular complexity index is 1360. The Morgan fingerprint density at radius 2 is 1.97 bits per heavy atom. The quantitative estimate of drug-likeness (QED) is 0.467. The average molecular weight is 442 g/mol. The Morgan fingerprint density at radius 1 is 1.15 bits per heavy atom. The monoisotopic (exact) mass is 441 g/mol. The summed E-state index contributed by atoms with van der Waals surface area (Å²) in [5, 5.41) is 0.849. The van der Waals surface area contributed by atoms with E-state index in [1.165, 1.54) is 6.07 Å². The predicted octanol–water partition coefficient (Wildman–Crippen LogP) is 4.17. The smallest absolute Gasteiger partial charge is 0.254 e. The lowest BCUT2D eigenvalue weighted by Crippen LogP contribution is -2.34. The van der Waals surface area contributed by atoms with Crippen LogP contribution in [0, 0.1) is 6.92 Å². The van der Waals surface area contributed by atoms with Crippen molar-refractivity contribution in [3.63, 3.8) is 0 Å². The maximum Gasteiger partial charge on any atom is 0.254 e. The lowest BCUT2D eigenvalue weighted by molar-refractivity contribution is 0.0671. The number of amides is 1. The Morgan fingerprint density at radius 3 is 2.67 bits per heavy atom. The van der Waals surface area contributed by atoms with E-state index in [1.807, 2.05) is 56.4 Å². The summed E-state index contributed by atoms with van der Waals surface area (Å²) in [5.74, 6) is 0.327. The number of aromatic amines is 1. The van der Waals surface area contributed by atoms with E-state index in [0.29, 0.717) is 17.9 Å². The third-order valence-electron chi connectivity index (χ3n) is 5.93. The van der Waals surface area contributed by atoms with Crippen molar-refractivity contribution >= 4 is 22.6 Å². The van der Waals surface area contributed by atoms with E-state index in [-0.39, 0.29) is 17.5 Å². The van der Waals surface area contributed by atoms with E-state index in [1.54, 1.807) is 17.2 Å². The van der Waals surface area contributed by atoms with Crippen LogP contribution < -0.4 is 11.3 Å². The van der Waals surface area contributed by atoms with Crippen molar-refractivity contribution in [2.24, 2.45) is 0 Å². The maximum absolute atomic E-state index is 13.7. The van der Waals surface area contributed by atoms with Gasteiger partial charge in [-0.1, -0.05) is 13.0 Å². The number of nitrogens with two attached hydrogens (primary N) is 1. The molecule has 168 valence electrons. The van der Waals surface area contributed by atoms with Crippen LogP contribution in [-0.2, 0) is 13.0 Å². The third kappa shape index (κ3) is 4.77. The largest absolute Gasteiger partial charge is 0.383 e. The number of H-pyrrole nitrogens is 1. The predicted molar refractivity (Wildman–Crippen MR) is 130 cm³/mol. The molecule has 1 aromatic carbocycles. The third-order valence-corrected chi connectivity index (χ3v) is 5.93. The highest BCUT2D eigenvalue weighted by Crippen LogP contribution is 2.26. The van der Waals surface area contributed by atoms with E-state index in [2.05, 4.69) is 21.9 Å². The molecule has 3 aromatic heterocycles. The topological polar surface area (TPSA) is 105 Å². The van der Waals surface area contributed by atoms with Gasteiger partial charge in [0, 0.05) is 29.4 Å². The molecule has 1 atom stereocenters. The lowest BCUT2D eigenvalue weighted by Gasteiger charge is -2.29. The molecule has 3 heterocycles. The van der Waals surface area contributed by atoms with Gasteiger partial charge in [-0.25, -0.2) is 4.98 Å². The summed E-state index contributed by atoms with van der Waals surface area (Å²) < 4.78 is 0. The number of hydrogen-bond donors (Lipinski definition) is 2. The second-order valence-corrected chi connectivity index (χ2v) is 8.20. The normalized spacial score (nSPS) is 12.0. The van der Waals surface area contributed by atoms with Crippen molar-refractivity contribution in [2.45, 2.75) is 39.8 Å². The highest BCUT2D eigenvalue weighted by Gasteiger charge is 2.24. The molecule has 0 aliphatic rings. The van der Waals surface area contributed by atoms with Gasteiger partial charge in [-0.2, -0.15) is 0 Å². The van der Waals surface area contributed by atoms with Gasteiger partial charge in [0.25, 0.3) is 5.91 Å². The molecule has 7 heteroatoms. The van der Waals surface area contributed by atoms with Crippen molar-refractivity contribution in [3.8, 4) is 0 Å². The van der Waals surface area contributed by atoms with Crippen molar-refractivity contribution in [3.05, 3.63) is 99.2 Å². The highest BCUT2D eigenvalue weighted by molar-refractivity contribution is 5.98. The summed E-state index contributed by atoms with van der Waals surface area (Å²) in [7, 11) is 0. The average Bonchev–Trinajstić information content (AvgIpc) is 2.82. The first-order chi connectivity index (χ1) is 15.9. The van der Waals surface area contributed by atoms with Gasteiger partial charge in [0.15, 0.2) is 0 Å². The summed E-state index contributed by atoms with van der Waals surface area (Å²) in [6.07, 6.45) is 4.33. The Hall–Kier alpha value is -4.00. The number of aromatic nitrogens is 3. The fourth-order valence-electron chi connectivity index (χ4n) is 3.81. The van der Waals surface area contributed by atoms with Gasteiger partial charge < -0.3 is 15.6 Å². The van der Waals surface area contributed by atoms with Crippen molar-refractivity contribution in [1.29, 1.82) is 0 Å². The molecule has 0 aliphatic heterocycles. The van der Waals surface area contributed by atoms with E-state index < -0.39 is 0 Å². The van der Waals surface area contributed by atoms with Crippen LogP contribution in [0.25, 0.3) is 10.9 Å². The van der Waals surface area contributed by atoms with Crippen LogP contribution in [0.3, 0.4) is 0 Å². The number of carbonyl (C=O) groups is 1. The maximum atomic E-state index is 13.7. The summed E-state index contributed by atoms with van der Waals surface area (Å²) in [6, 6.07) is 14.3. The molecule has 0 bridgehead atoms. The molecule has 33 heavy (non-hydrogen) atoms. The molecule has 1 unspecified atom stereocenters. The Kier molecular flexibility index (Phi) is 6.22. The van der Waals surface area contributed by atoms with Crippen molar-refractivity contribution in [1.82, 2.24) is 19.9 Å². The van der Waals surface area contributed by atoms with Gasteiger partial charge in [-0.15, -0.1) is 0 Å². The lowest BCUT2D eigenvalue weighted by atomic mass is 10.0. The van der Waals surface area contributed by atoms with Crippen LogP contribution in [0.4, 0.5) is 5.82 Å². The zero-order chi connectivity index (χ0) is 23.5. The van der Waals surface area contributed by atoms with Crippen LogP contribution in [0.5, 0.6) is 0 Å². The van der Waals surface area contributed by atoms with Crippen LogP contribution in [0.1, 0.15) is 52.6 Å². The standard InChI is InChI=1S/C26H27N5O2/c1-4-18-5-7-22(29-14-18)15-31(17(3)19-9-10-28-24(32)13-19)26(33)20-6-8-23-21(12-20)11-16(2)25(27)30-23/h5-14,17H,4,15H2,1-3H3,(H2,27,30)(H,28,32). The van der Waals surface area contributed by atoms with Gasteiger partial charge >= 0.3 is 0 Å². The van der Waals surface area contributed by atoms with Gasteiger partial charge in [0.1, 0.15) is 5.82 Å². The number of nitrogen functional groups attached to an aromatic ring is 1. The molecule has 0 spiro atoms. The number of nitrogens with one attached hydrogen (secondary N) is 1. The summed E-state index contributed by atoms with van der Waals surface area (Å²) in [6.45, 7) is 6.20. The molecular formula is C26H27N5O2. The molecule has 0 fully saturated rings. The van der Waals surface area contributed by atoms with Crippen LogP contribution in [0.2, 0.25) is 0 Å². The van der Waals surface area contributed by atoms with Crippen LogP contribution in [-0.4, -0.2) is 25.8 Å². The minimum atomic E-state index is -0.338. The molecule has 0 aliphatic carbocycles. The summed E-state index contributed by atoms with van der Waals surface area (Å²) in [5.41, 5.74) is 10.5. The van der Waals surface area contributed by atoms with E-state index in [4.69, 9.17) is 5.73 Å². The Labute approximate surface area is 192 Å².